The lowest BCUT2D eigenvalue weighted by molar-refractivity contribution is -0.136. The summed E-state index contributed by atoms with van der Waals surface area (Å²) < 4.78 is 1.12. The van der Waals surface area contributed by atoms with Gasteiger partial charge in [-0.3, -0.25) is 4.79 Å². The Labute approximate surface area is 89.7 Å². The largest absolute Gasteiger partial charge is 0.481 e. The summed E-state index contributed by atoms with van der Waals surface area (Å²) in [5.41, 5.74) is 1.18. The lowest BCUT2D eigenvalue weighted by Crippen LogP contribution is -1.96. The topological polar surface area (TPSA) is 37.3 Å². The van der Waals surface area contributed by atoms with Gasteiger partial charge < -0.3 is 5.11 Å². The molecule has 1 rings (SSSR count). The molecular weight excluding hydrogens is 252 g/mol. The Kier molecular flexibility index (Phi) is 3.50. The van der Waals surface area contributed by atoms with Crippen LogP contribution in [0.5, 0.6) is 0 Å². The third kappa shape index (κ3) is 2.54. The van der Waals surface area contributed by atoms with Crippen LogP contribution in [0.2, 0.25) is 0 Å². The zero-order valence-electron chi connectivity index (χ0n) is 7.56. The van der Waals surface area contributed by atoms with E-state index in [1.165, 1.54) is 15.3 Å². The van der Waals surface area contributed by atoms with Gasteiger partial charge in [0.05, 0.1) is 6.42 Å². The molecule has 72 valence electrons. The van der Waals surface area contributed by atoms with Crippen LogP contribution >= 0.6 is 27.3 Å². The van der Waals surface area contributed by atoms with Crippen LogP contribution in [-0.2, 0) is 11.2 Å². The maximum absolute atomic E-state index is 10.4. The molecule has 1 N–H and O–H groups in total. The number of carboxylic acid groups (broad SMARTS) is 1. The second kappa shape index (κ2) is 4.24. The van der Waals surface area contributed by atoms with E-state index in [1.54, 1.807) is 11.3 Å². The lowest BCUT2D eigenvalue weighted by Gasteiger charge is -1.95. The molecule has 0 atom stereocenters. The number of aryl methyl sites for hydroxylation is 2. The van der Waals surface area contributed by atoms with Gasteiger partial charge in [0.15, 0.2) is 0 Å². The molecule has 13 heavy (non-hydrogen) atoms. The summed E-state index contributed by atoms with van der Waals surface area (Å²) in [5, 5.41) is 8.53. The van der Waals surface area contributed by atoms with Crippen molar-refractivity contribution in [3.8, 4) is 0 Å². The minimum absolute atomic E-state index is 0.216. The highest BCUT2D eigenvalue weighted by Crippen LogP contribution is 2.32. The maximum Gasteiger partial charge on any atom is 0.303 e. The first-order valence-corrected chi connectivity index (χ1v) is 5.59. The van der Waals surface area contributed by atoms with Crippen molar-refractivity contribution in [1.29, 1.82) is 0 Å². The Balaban J connectivity index is 2.78. The molecule has 0 spiro atoms. The zero-order chi connectivity index (χ0) is 10.0. The Bertz CT molecular complexity index is 331. The van der Waals surface area contributed by atoms with Crippen LogP contribution in [0.4, 0.5) is 0 Å². The van der Waals surface area contributed by atoms with Crippen LogP contribution in [-0.4, -0.2) is 11.1 Å². The van der Waals surface area contributed by atoms with Crippen molar-refractivity contribution in [2.24, 2.45) is 0 Å². The number of carboxylic acids is 1. The highest BCUT2D eigenvalue weighted by Gasteiger charge is 2.10. The van der Waals surface area contributed by atoms with E-state index < -0.39 is 5.97 Å². The van der Waals surface area contributed by atoms with Crippen molar-refractivity contribution in [3.05, 3.63) is 19.8 Å². The number of hydrogen-bond donors (Lipinski definition) is 1. The normalized spacial score (nSPS) is 10.4. The monoisotopic (exact) mass is 262 g/mol. The average Bonchev–Trinajstić information content (AvgIpc) is 2.29. The second-order valence-corrected chi connectivity index (χ2v) is 5.02. The molecule has 0 amide bonds. The molecule has 0 unspecified atom stereocenters. The molecular formula is C9H11BrO2S. The van der Waals surface area contributed by atoms with E-state index >= 15 is 0 Å². The van der Waals surface area contributed by atoms with E-state index in [4.69, 9.17) is 5.11 Å². The summed E-state index contributed by atoms with van der Waals surface area (Å²) in [5.74, 6) is -0.735. The van der Waals surface area contributed by atoms with Gasteiger partial charge in [-0.2, -0.15) is 0 Å². The van der Waals surface area contributed by atoms with Crippen LogP contribution in [0.1, 0.15) is 21.7 Å². The summed E-state index contributed by atoms with van der Waals surface area (Å²) >= 11 is 5.14. The van der Waals surface area contributed by atoms with Gasteiger partial charge in [0.25, 0.3) is 0 Å². The van der Waals surface area contributed by atoms with Gasteiger partial charge in [-0.15, -0.1) is 11.3 Å². The van der Waals surface area contributed by atoms with E-state index in [1.807, 2.05) is 13.8 Å². The molecule has 0 aromatic carbocycles. The number of halogens is 1. The van der Waals surface area contributed by atoms with Crippen molar-refractivity contribution in [1.82, 2.24) is 0 Å². The standard InChI is InChI=1S/C9H11BrO2S/c1-5-7(3-4-8(11)12)13-6(2)9(5)10/h3-4H2,1-2H3,(H,11,12). The van der Waals surface area contributed by atoms with Crippen molar-refractivity contribution < 1.29 is 9.90 Å². The molecule has 0 aliphatic carbocycles. The first-order chi connectivity index (χ1) is 6.02. The van der Waals surface area contributed by atoms with Crippen molar-refractivity contribution in [2.45, 2.75) is 26.7 Å². The first kappa shape index (κ1) is 10.7. The number of thiophene rings is 1. The molecule has 0 fully saturated rings. The molecule has 1 aromatic heterocycles. The summed E-state index contributed by atoms with van der Waals surface area (Å²) in [6.45, 7) is 4.05. The number of carbonyl (C=O) groups is 1. The third-order valence-corrected chi connectivity index (χ3v) is 4.62. The van der Waals surface area contributed by atoms with Crippen LogP contribution in [0.25, 0.3) is 0 Å². The van der Waals surface area contributed by atoms with E-state index in [-0.39, 0.29) is 6.42 Å². The molecule has 4 heteroatoms. The highest BCUT2D eigenvalue weighted by atomic mass is 79.9. The fourth-order valence-corrected chi connectivity index (χ4v) is 2.84. The molecule has 0 saturated carbocycles. The molecule has 0 saturated heterocycles. The Morgan fingerprint density at radius 1 is 1.54 bits per heavy atom. The van der Waals surface area contributed by atoms with Gasteiger partial charge in [-0.25, -0.2) is 0 Å². The number of hydrogen-bond acceptors (Lipinski definition) is 2. The summed E-state index contributed by atoms with van der Waals surface area (Å²) in [4.78, 5) is 12.8. The molecule has 0 bridgehead atoms. The number of aliphatic carboxylic acids is 1. The van der Waals surface area contributed by atoms with E-state index in [2.05, 4.69) is 15.9 Å². The molecule has 2 nitrogen and oxygen atoms in total. The summed E-state index contributed by atoms with van der Waals surface area (Å²) in [6.07, 6.45) is 0.853. The van der Waals surface area contributed by atoms with E-state index in [9.17, 15) is 4.79 Å². The number of rotatable bonds is 3. The summed E-state index contributed by atoms with van der Waals surface area (Å²) in [7, 11) is 0. The van der Waals surface area contributed by atoms with Gasteiger partial charge in [0.2, 0.25) is 0 Å². The molecule has 0 radical (unpaired) electrons. The minimum atomic E-state index is -0.735. The Morgan fingerprint density at radius 2 is 2.15 bits per heavy atom. The van der Waals surface area contributed by atoms with Gasteiger partial charge in [-0.05, 0) is 41.8 Å². The van der Waals surface area contributed by atoms with Crippen LogP contribution in [0, 0.1) is 13.8 Å². The molecule has 0 aliphatic rings. The maximum atomic E-state index is 10.4. The summed E-state index contributed by atoms with van der Waals surface area (Å²) in [6, 6.07) is 0. The van der Waals surface area contributed by atoms with Crippen LogP contribution in [0.15, 0.2) is 4.47 Å². The van der Waals surface area contributed by atoms with E-state index in [0.717, 1.165) is 4.47 Å². The quantitative estimate of drug-likeness (QED) is 0.909. The van der Waals surface area contributed by atoms with E-state index in [0.29, 0.717) is 6.42 Å². The minimum Gasteiger partial charge on any atom is -0.481 e. The lowest BCUT2D eigenvalue weighted by atomic mass is 10.2. The smallest absolute Gasteiger partial charge is 0.303 e. The fourth-order valence-electron chi connectivity index (χ4n) is 1.15. The Hall–Kier alpha value is -0.350. The highest BCUT2D eigenvalue weighted by molar-refractivity contribution is 9.10. The van der Waals surface area contributed by atoms with Gasteiger partial charge in [0, 0.05) is 14.2 Å². The van der Waals surface area contributed by atoms with Crippen molar-refractivity contribution in [3.63, 3.8) is 0 Å². The first-order valence-electron chi connectivity index (χ1n) is 3.98. The fraction of sp³-hybridized carbons (Fsp3) is 0.444. The van der Waals surface area contributed by atoms with Crippen molar-refractivity contribution >= 4 is 33.2 Å². The van der Waals surface area contributed by atoms with Gasteiger partial charge in [-0.1, -0.05) is 0 Å². The SMILES string of the molecule is Cc1sc(CCC(=O)O)c(C)c1Br. The van der Waals surface area contributed by atoms with Gasteiger partial charge >= 0.3 is 5.97 Å². The van der Waals surface area contributed by atoms with Gasteiger partial charge in [0.1, 0.15) is 0 Å². The zero-order valence-corrected chi connectivity index (χ0v) is 9.96. The Morgan fingerprint density at radius 3 is 2.54 bits per heavy atom. The second-order valence-electron chi connectivity index (χ2n) is 2.91. The average molecular weight is 263 g/mol. The predicted molar refractivity (Wildman–Crippen MR) is 57.4 cm³/mol. The molecule has 1 aromatic rings. The molecule has 0 aliphatic heterocycles. The third-order valence-electron chi connectivity index (χ3n) is 1.90. The molecule has 1 heterocycles. The van der Waals surface area contributed by atoms with Crippen molar-refractivity contribution in [2.75, 3.05) is 0 Å². The van der Waals surface area contributed by atoms with Crippen LogP contribution in [0.3, 0.4) is 0 Å². The van der Waals surface area contributed by atoms with Crippen LogP contribution < -0.4 is 0 Å². The predicted octanol–water partition coefficient (Wildman–Crippen LogP) is 3.14.